The lowest BCUT2D eigenvalue weighted by Crippen LogP contribution is -2.34. The van der Waals surface area contributed by atoms with E-state index >= 15 is 0 Å². The molecular formula is C20H24O9. The van der Waals surface area contributed by atoms with Crippen molar-refractivity contribution in [3.63, 3.8) is 0 Å². The molecule has 6 aliphatic rings. The number of fused-ring (bicyclic) bond motifs is 7. The van der Waals surface area contributed by atoms with Gasteiger partial charge in [-0.25, -0.2) is 0 Å². The summed E-state index contributed by atoms with van der Waals surface area (Å²) in [6.45, 7) is 0.879. The van der Waals surface area contributed by atoms with Gasteiger partial charge in [-0.3, -0.25) is 19.2 Å². The van der Waals surface area contributed by atoms with Crippen LogP contribution < -0.4 is 0 Å². The Hall–Kier alpha value is -2.00. The Morgan fingerprint density at radius 2 is 1.76 bits per heavy atom. The molecule has 0 radical (unpaired) electrons. The predicted octanol–water partition coefficient (Wildman–Crippen LogP) is 0.524. The SMILES string of the molecule is O=C(CC(=O)OC1CC2CC1C1CC3OC3C21)OCC1CO1.O=C1CCC(=O)O1. The topological polar surface area (TPSA) is 121 Å². The van der Waals surface area contributed by atoms with E-state index in [4.69, 9.17) is 18.9 Å². The Bertz CT molecular complexity index is 715. The fraction of sp³-hybridized carbons (Fsp3) is 0.800. The normalized spacial score (nSPS) is 42.3. The first-order chi connectivity index (χ1) is 14.0. The van der Waals surface area contributed by atoms with Crippen molar-refractivity contribution in [2.75, 3.05) is 13.2 Å². The molecule has 3 aliphatic heterocycles. The average Bonchev–Trinajstić information content (AvgIpc) is 3.48. The van der Waals surface area contributed by atoms with Crippen molar-refractivity contribution >= 4 is 23.9 Å². The second kappa shape index (κ2) is 7.36. The summed E-state index contributed by atoms with van der Waals surface area (Å²) in [4.78, 5) is 43.5. The molecule has 158 valence electrons. The summed E-state index contributed by atoms with van der Waals surface area (Å²) >= 11 is 0. The molecule has 6 fully saturated rings. The summed E-state index contributed by atoms with van der Waals surface area (Å²) < 4.78 is 25.3. The van der Waals surface area contributed by atoms with Crippen LogP contribution in [0.2, 0.25) is 0 Å². The highest BCUT2D eigenvalue weighted by Crippen LogP contribution is 2.64. The van der Waals surface area contributed by atoms with Crippen molar-refractivity contribution < 1.29 is 42.9 Å². The number of carbonyl (C=O) groups excluding carboxylic acids is 4. The number of epoxide rings is 2. The lowest BCUT2D eigenvalue weighted by atomic mass is 9.79. The maximum absolute atomic E-state index is 11.9. The van der Waals surface area contributed by atoms with Gasteiger partial charge in [0.25, 0.3) is 0 Å². The molecule has 0 N–H and O–H groups in total. The van der Waals surface area contributed by atoms with Crippen LogP contribution in [-0.2, 0) is 42.9 Å². The van der Waals surface area contributed by atoms with Crippen LogP contribution in [0.3, 0.4) is 0 Å². The molecule has 2 bridgehead atoms. The number of rotatable bonds is 5. The van der Waals surface area contributed by atoms with Gasteiger partial charge >= 0.3 is 23.9 Å². The Morgan fingerprint density at radius 3 is 2.41 bits per heavy atom. The molecule has 3 aliphatic carbocycles. The Labute approximate surface area is 167 Å². The van der Waals surface area contributed by atoms with Gasteiger partial charge in [-0.2, -0.15) is 0 Å². The minimum atomic E-state index is -0.517. The number of ether oxygens (including phenoxy) is 5. The lowest BCUT2D eigenvalue weighted by Gasteiger charge is -2.32. The molecule has 3 saturated heterocycles. The van der Waals surface area contributed by atoms with Crippen LogP contribution in [0.5, 0.6) is 0 Å². The highest BCUT2D eigenvalue weighted by atomic mass is 16.6. The zero-order valence-corrected chi connectivity index (χ0v) is 15.9. The highest BCUT2D eigenvalue weighted by molar-refractivity contribution is 5.92. The molecule has 3 heterocycles. The maximum atomic E-state index is 11.9. The summed E-state index contributed by atoms with van der Waals surface area (Å²) in [6.07, 6.45) is 4.47. The Morgan fingerprint density at radius 1 is 1.00 bits per heavy atom. The van der Waals surface area contributed by atoms with Gasteiger partial charge in [0.05, 0.1) is 31.7 Å². The fourth-order valence-electron chi connectivity index (χ4n) is 5.57. The van der Waals surface area contributed by atoms with E-state index in [0.717, 1.165) is 19.3 Å². The van der Waals surface area contributed by atoms with Crippen molar-refractivity contribution in [3.05, 3.63) is 0 Å². The third-order valence-corrected chi connectivity index (χ3v) is 6.85. The first kappa shape index (κ1) is 19.0. The molecule has 9 heteroatoms. The van der Waals surface area contributed by atoms with E-state index in [9.17, 15) is 19.2 Å². The smallest absolute Gasteiger partial charge is 0.317 e. The summed E-state index contributed by atoms with van der Waals surface area (Å²) in [7, 11) is 0. The number of cyclic esters (lactones) is 2. The van der Waals surface area contributed by atoms with E-state index in [1.165, 1.54) is 0 Å². The zero-order chi connectivity index (χ0) is 20.1. The molecule has 0 spiro atoms. The van der Waals surface area contributed by atoms with Crippen molar-refractivity contribution in [1.82, 2.24) is 0 Å². The van der Waals surface area contributed by atoms with Crippen LogP contribution in [0, 0.1) is 23.7 Å². The van der Waals surface area contributed by atoms with Gasteiger partial charge in [-0.15, -0.1) is 0 Å². The molecule has 0 aromatic rings. The van der Waals surface area contributed by atoms with Gasteiger partial charge in [0.15, 0.2) is 0 Å². The zero-order valence-electron chi connectivity index (χ0n) is 15.9. The number of hydrogen-bond donors (Lipinski definition) is 0. The van der Waals surface area contributed by atoms with E-state index in [2.05, 4.69) is 4.74 Å². The van der Waals surface area contributed by atoms with Gasteiger partial charge in [0, 0.05) is 0 Å². The van der Waals surface area contributed by atoms with Gasteiger partial charge < -0.3 is 23.7 Å². The van der Waals surface area contributed by atoms with Gasteiger partial charge in [-0.05, 0) is 42.9 Å². The molecule has 0 aromatic carbocycles. The number of carbonyl (C=O) groups is 4. The third-order valence-electron chi connectivity index (χ3n) is 6.85. The van der Waals surface area contributed by atoms with Crippen molar-refractivity contribution in [3.8, 4) is 0 Å². The summed E-state index contributed by atoms with van der Waals surface area (Å²) in [5, 5.41) is 0. The number of esters is 4. The van der Waals surface area contributed by atoms with Gasteiger partial charge in [-0.1, -0.05) is 0 Å². The van der Waals surface area contributed by atoms with Gasteiger partial charge in [0.1, 0.15) is 25.2 Å². The van der Waals surface area contributed by atoms with E-state index in [1.807, 2.05) is 0 Å². The summed E-state index contributed by atoms with van der Waals surface area (Å²) in [5.74, 6) is 0.727. The van der Waals surface area contributed by atoms with Crippen LogP contribution in [0.15, 0.2) is 0 Å². The third kappa shape index (κ3) is 4.02. The van der Waals surface area contributed by atoms with Crippen LogP contribution in [0.1, 0.15) is 38.5 Å². The van der Waals surface area contributed by atoms with Crippen LogP contribution in [-0.4, -0.2) is 61.5 Å². The number of hydrogen-bond acceptors (Lipinski definition) is 9. The minimum absolute atomic E-state index is 0.00387. The van der Waals surface area contributed by atoms with E-state index < -0.39 is 23.9 Å². The Kier molecular flexibility index (Phi) is 4.82. The van der Waals surface area contributed by atoms with Crippen LogP contribution in [0.4, 0.5) is 0 Å². The largest absolute Gasteiger partial charge is 0.462 e. The van der Waals surface area contributed by atoms with Crippen LogP contribution in [0.25, 0.3) is 0 Å². The molecule has 0 amide bonds. The summed E-state index contributed by atoms with van der Waals surface area (Å²) in [5.41, 5.74) is 0. The van der Waals surface area contributed by atoms with E-state index in [0.29, 0.717) is 42.5 Å². The predicted molar refractivity (Wildman–Crippen MR) is 92.0 cm³/mol. The molecule has 29 heavy (non-hydrogen) atoms. The van der Waals surface area contributed by atoms with Crippen molar-refractivity contribution in [2.45, 2.75) is 62.9 Å². The highest BCUT2D eigenvalue weighted by Gasteiger charge is 2.67. The van der Waals surface area contributed by atoms with E-state index in [1.54, 1.807) is 0 Å². The van der Waals surface area contributed by atoms with Crippen molar-refractivity contribution in [2.24, 2.45) is 23.7 Å². The van der Waals surface area contributed by atoms with E-state index in [-0.39, 0.29) is 38.1 Å². The van der Waals surface area contributed by atoms with Crippen molar-refractivity contribution in [1.29, 1.82) is 0 Å². The second-order valence-corrected chi connectivity index (χ2v) is 8.70. The molecular weight excluding hydrogens is 384 g/mol. The minimum Gasteiger partial charge on any atom is -0.462 e. The molecule has 8 unspecified atom stereocenters. The fourth-order valence-corrected chi connectivity index (χ4v) is 5.57. The monoisotopic (exact) mass is 408 g/mol. The van der Waals surface area contributed by atoms with Gasteiger partial charge in [0.2, 0.25) is 0 Å². The molecule has 9 nitrogen and oxygen atoms in total. The molecule has 8 atom stereocenters. The molecule has 0 aromatic heterocycles. The summed E-state index contributed by atoms with van der Waals surface area (Å²) in [6, 6.07) is 0. The molecule has 6 rings (SSSR count). The lowest BCUT2D eigenvalue weighted by molar-refractivity contribution is -0.161. The Balaban J connectivity index is 0.000000222. The quantitative estimate of drug-likeness (QED) is 0.277. The maximum Gasteiger partial charge on any atom is 0.317 e. The average molecular weight is 408 g/mol. The molecule has 3 saturated carbocycles. The second-order valence-electron chi connectivity index (χ2n) is 8.70. The first-order valence-electron chi connectivity index (χ1n) is 10.3. The standard InChI is InChI=1S/C16H20O6.C4H4O3/c17-13(20-6-8-5-19-8)4-14(18)21-11-2-7-1-9(11)10-3-12-16(22-12)15(7)10;5-3-1-2-4(6)7-3/h7-12,15-16H,1-6H2;1-2H2. The first-order valence-corrected chi connectivity index (χ1v) is 10.3. The van der Waals surface area contributed by atoms with Crippen LogP contribution >= 0.6 is 0 Å².